The third kappa shape index (κ3) is 9.27. The Morgan fingerprint density at radius 2 is 1.96 bits per heavy atom. The molecule has 1 heterocycles. The van der Waals surface area contributed by atoms with Gasteiger partial charge in [0, 0.05) is 26.2 Å². The third-order valence-electron chi connectivity index (χ3n) is 4.03. The van der Waals surface area contributed by atoms with E-state index in [1.54, 1.807) is 0 Å². The second-order valence-electron chi connectivity index (χ2n) is 6.95. The summed E-state index contributed by atoms with van der Waals surface area (Å²) in [5, 5.41) is 8.91. The molecule has 146 valence electrons. The molecule has 1 saturated heterocycles. The zero-order valence-corrected chi connectivity index (χ0v) is 18.3. The number of amides is 3. The summed E-state index contributed by atoms with van der Waals surface area (Å²) in [4.78, 5) is 28.9. The summed E-state index contributed by atoms with van der Waals surface area (Å²) >= 11 is 0. The highest BCUT2D eigenvalue weighted by molar-refractivity contribution is 14.0. The molecule has 25 heavy (non-hydrogen) atoms. The van der Waals surface area contributed by atoms with E-state index in [0.29, 0.717) is 13.1 Å². The molecule has 8 heteroatoms. The van der Waals surface area contributed by atoms with E-state index < -0.39 is 0 Å². The molecule has 7 nitrogen and oxygen atoms in total. The summed E-state index contributed by atoms with van der Waals surface area (Å²) in [6, 6.07) is -0.319. The second-order valence-corrected chi connectivity index (χ2v) is 6.95. The molecule has 1 aliphatic heterocycles. The first-order valence-corrected chi connectivity index (χ1v) is 9.00. The highest BCUT2D eigenvalue weighted by Gasteiger charge is 2.27. The normalized spacial score (nSPS) is 15.0. The maximum absolute atomic E-state index is 11.5. The molecule has 0 atom stereocenters. The van der Waals surface area contributed by atoms with E-state index in [-0.39, 0.29) is 47.9 Å². The van der Waals surface area contributed by atoms with Crippen molar-refractivity contribution in [1.82, 2.24) is 20.9 Å². The number of unbranched alkanes of at least 4 members (excludes halogenated alkanes) is 2. The van der Waals surface area contributed by atoms with Gasteiger partial charge < -0.3 is 16.0 Å². The van der Waals surface area contributed by atoms with Crippen LogP contribution in [0.5, 0.6) is 0 Å². The van der Waals surface area contributed by atoms with Crippen LogP contribution in [-0.2, 0) is 4.79 Å². The number of aliphatic imine (C=N–C) groups is 1. The van der Waals surface area contributed by atoms with Gasteiger partial charge in [0.05, 0.1) is 6.54 Å². The summed E-state index contributed by atoms with van der Waals surface area (Å²) in [5.74, 6) is 0.550. The van der Waals surface area contributed by atoms with E-state index in [2.05, 4.69) is 41.7 Å². The van der Waals surface area contributed by atoms with Crippen molar-refractivity contribution in [2.75, 3.05) is 32.7 Å². The van der Waals surface area contributed by atoms with Crippen molar-refractivity contribution >= 4 is 41.9 Å². The van der Waals surface area contributed by atoms with Crippen LogP contribution in [-0.4, -0.2) is 55.5 Å². The second kappa shape index (κ2) is 12.3. The molecule has 0 aromatic rings. The molecule has 0 bridgehead atoms. The Hall–Kier alpha value is -1.06. The summed E-state index contributed by atoms with van der Waals surface area (Å²) in [6.45, 7) is 11.1. The average Bonchev–Trinajstić information content (AvgIpc) is 2.84. The molecule has 1 fully saturated rings. The van der Waals surface area contributed by atoms with Crippen molar-refractivity contribution in [2.45, 2.75) is 53.4 Å². The number of nitrogens with zero attached hydrogens (tertiary/aromatic N) is 2. The molecule has 0 aliphatic carbocycles. The van der Waals surface area contributed by atoms with Crippen LogP contribution < -0.4 is 16.0 Å². The minimum absolute atomic E-state index is 0. The molecule has 0 saturated carbocycles. The first-order chi connectivity index (χ1) is 11.4. The van der Waals surface area contributed by atoms with Gasteiger partial charge >= 0.3 is 6.03 Å². The fourth-order valence-electron chi connectivity index (χ4n) is 2.54. The number of rotatable bonds is 10. The minimum Gasteiger partial charge on any atom is -0.357 e. The van der Waals surface area contributed by atoms with E-state index in [4.69, 9.17) is 0 Å². The predicted octanol–water partition coefficient (Wildman–Crippen LogP) is 2.32. The molecule has 0 unspecified atom stereocenters. The van der Waals surface area contributed by atoms with Crippen molar-refractivity contribution in [3.8, 4) is 0 Å². The van der Waals surface area contributed by atoms with E-state index in [1.807, 2.05) is 6.92 Å². The number of carbonyl (C=O) groups is 2. The summed E-state index contributed by atoms with van der Waals surface area (Å²) in [5.41, 5.74) is 0.169. The van der Waals surface area contributed by atoms with Gasteiger partial charge in [-0.2, -0.15) is 0 Å². The summed E-state index contributed by atoms with van der Waals surface area (Å²) in [6.07, 6.45) is 4.88. The Bertz CT molecular complexity index is 438. The summed E-state index contributed by atoms with van der Waals surface area (Å²) in [7, 11) is 0. The Kier molecular flexibility index (Phi) is 11.8. The van der Waals surface area contributed by atoms with Crippen LogP contribution in [0.4, 0.5) is 4.79 Å². The number of urea groups is 1. The SMILES string of the molecule is CCCCCC(C)(C)CN=C(NCC)NCCN1C(=O)CNC1=O.I. The van der Waals surface area contributed by atoms with Gasteiger partial charge in [0.1, 0.15) is 0 Å². The zero-order chi connectivity index (χ0) is 18.0. The Morgan fingerprint density at radius 3 is 2.52 bits per heavy atom. The standard InChI is InChI=1S/C17H33N5O2.HI/c1-5-7-8-9-17(3,4)13-21-15(18-6-2)19-10-11-22-14(23)12-20-16(22)24;/h5-13H2,1-4H3,(H,20,24)(H2,18,19,21);1H. The largest absolute Gasteiger partial charge is 0.357 e. The molecule has 0 aromatic heterocycles. The number of halogens is 1. The predicted molar refractivity (Wildman–Crippen MR) is 112 cm³/mol. The smallest absolute Gasteiger partial charge is 0.324 e. The van der Waals surface area contributed by atoms with Crippen LogP contribution in [0.2, 0.25) is 0 Å². The van der Waals surface area contributed by atoms with Crippen LogP contribution in [0.3, 0.4) is 0 Å². The van der Waals surface area contributed by atoms with Crippen molar-refractivity contribution in [2.24, 2.45) is 10.4 Å². The van der Waals surface area contributed by atoms with Gasteiger partial charge in [-0.15, -0.1) is 24.0 Å². The zero-order valence-electron chi connectivity index (χ0n) is 16.0. The Morgan fingerprint density at radius 1 is 1.24 bits per heavy atom. The molecular formula is C17H34IN5O2. The molecule has 0 aromatic carbocycles. The van der Waals surface area contributed by atoms with Gasteiger partial charge in [-0.25, -0.2) is 4.79 Å². The number of carbonyl (C=O) groups excluding carboxylic acids is 2. The molecule has 0 spiro atoms. The van der Waals surface area contributed by atoms with E-state index in [1.165, 1.54) is 24.2 Å². The van der Waals surface area contributed by atoms with Gasteiger partial charge in [-0.3, -0.25) is 14.7 Å². The topological polar surface area (TPSA) is 85.8 Å². The van der Waals surface area contributed by atoms with Gasteiger partial charge in [0.15, 0.2) is 5.96 Å². The maximum atomic E-state index is 11.5. The first-order valence-electron chi connectivity index (χ1n) is 9.00. The molecule has 3 N–H and O–H groups in total. The lowest BCUT2D eigenvalue weighted by atomic mass is 9.87. The van der Waals surface area contributed by atoms with E-state index in [9.17, 15) is 9.59 Å². The number of imide groups is 1. The fraction of sp³-hybridized carbons (Fsp3) is 0.824. The molecule has 1 rings (SSSR count). The van der Waals surface area contributed by atoms with Gasteiger partial charge in [0.25, 0.3) is 0 Å². The van der Waals surface area contributed by atoms with Crippen LogP contribution in [0.1, 0.15) is 53.4 Å². The lowest BCUT2D eigenvalue weighted by molar-refractivity contribution is -0.124. The Balaban J connectivity index is 0.00000576. The number of nitrogens with one attached hydrogen (secondary N) is 3. The van der Waals surface area contributed by atoms with E-state index in [0.717, 1.165) is 25.5 Å². The number of guanidine groups is 1. The highest BCUT2D eigenvalue weighted by atomic mass is 127. The monoisotopic (exact) mass is 467 g/mol. The molecule has 1 aliphatic rings. The van der Waals surface area contributed by atoms with E-state index >= 15 is 0 Å². The van der Waals surface area contributed by atoms with Crippen molar-refractivity contribution in [1.29, 1.82) is 0 Å². The first kappa shape index (κ1) is 23.9. The lowest BCUT2D eigenvalue weighted by Crippen LogP contribution is -2.43. The van der Waals surface area contributed by atoms with Gasteiger partial charge in [-0.05, 0) is 18.8 Å². The van der Waals surface area contributed by atoms with Crippen LogP contribution in [0.25, 0.3) is 0 Å². The number of hydrogen-bond donors (Lipinski definition) is 3. The third-order valence-corrected chi connectivity index (χ3v) is 4.03. The summed E-state index contributed by atoms with van der Waals surface area (Å²) < 4.78 is 0. The van der Waals surface area contributed by atoms with Crippen LogP contribution in [0.15, 0.2) is 4.99 Å². The minimum atomic E-state index is -0.319. The maximum Gasteiger partial charge on any atom is 0.324 e. The van der Waals surface area contributed by atoms with Gasteiger partial charge in [0.2, 0.25) is 5.91 Å². The van der Waals surface area contributed by atoms with Crippen molar-refractivity contribution in [3.05, 3.63) is 0 Å². The van der Waals surface area contributed by atoms with Crippen LogP contribution in [0, 0.1) is 5.41 Å². The molecule has 3 amide bonds. The Labute approximate surface area is 168 Å². The quantitative estimate of drug-likeness (QED) is 0.151. The van der Waals surface area contributed by atoms with Crippen LogP contribution >= 0.6 is 24.0 Å². The molecule has 0 radical (unpaired) electrons. The average molecular weight is 467 g/mol. The highest BCUT2D eigenvalue weighted by Crippen LogP contribution is 2.23. The van der Waals surface area contributed by atoms with Crippen molar-refractivity contribution < 1.29 is 9.59 Å². The number of hydrogen-bond acceptors (Lipinski definition) is 3. The van der Waals surface area contributed by atoms with Gasteiger partial charge in [-0.1, -0.05) is 40.0 Å². The molecular weight excluding hydrogens is 433 g/mol. The van der Waals surface area contributed by atoms with Crippen molar-refractivity contribution in [3.63, 3.8) is 0 Å². The fourth-order valence-corrected chi connectivity index (χ4v) is 2.54. The lowest BCUT2D eigenvalue weighted by Gasteiger charge is -2.23.